The van der Waals surface area contributed by atoms with Crippen molar-refractivity contribution in [3.63, 3.8) is 0 Å². The predicted molar refractivity (Wildman–Crippen MR) is 165 cm³/mol. The van der Waals surface area contributed by atoms with Gasteiger partial charge in [-0.15, -0.1) is 0 Å². The molecule has 1 aliphatic rings. The van der Waals surface area contributed by atoms with Gasteiger partial charge in [0, 0.05) is 37.2 Å². The Balaban J connectivity index is 1.60. The standard InChI is InChI=1S/C34H36O2S2/c1-37-17-15-35-33-29-11-5-12-30(33)22-26-8-4-10-28(20-26)24-32-14-6-13-31(34(32)36-16-18-38-2)23-27-9-3-7-25(19-27)21-29/h3-14,19-20H,15-18,21-24H2,1-2H3. The lowest BCUT2D eigenvalue weighted by atomic mass is 9.92. The smallest absolute Gasteiger partial charge is 0.126 e. The van der Waals surface area contributed by atoms with Crippen molar-refractivity contribution in [3.05, 3.63) is 129 Å². The lowest BCUT2D eigenvalue weighted by Crippen LogP contribution is -2.08. The highest BCUT2D eigenvalue weighted by Gasteiger charge is 2.15. The van der Waals surface area contributed by atoms with E-state index in [2.05, 4.69) is 97.4 Å². The van der Waals surface area contributed by atoms with Gasteiger partial charge < -0.3 is 9.47 Å². The number of fused-ring (bicyclic) bond motifs is 8. The molecule has 5 rings (SSSR count). The van der Waals surface area contributed by atoms with Crippen LogP contribution in [0.3, 0.4) is 0 Å². The lowest BCUT2D eigenvalue weighted by molar-refractivity contribution is 0.337. The fourth-order valence-corrected chi connectivity index (χ4v) is 5.74. The summed E-state index contributed by atoms with van der Waals surface area (Å²) in [4.78, 5) is 0. The van der Waals surface area contributed by atoms with Crippen molar-refractivity contribution in [3.8, 4) is 11.5 Å². The summed E-state index contributed by atoms with van der Waals surface area (Å²) in [7, 11) is 0. The third-order valence-corrected chi connectivity index (χ3v) is 8.13. The minimum Gasteiger partial charge on any atom is -0.492 e. The Kier molecular flexibility index (Phi) is 9.37. The molecule has 1 aliphatic carbocycles. The van der Waals surface area contributed by atoms with Gasteiger partial charge in [0.15, 0.2) is 0 Å². The van der Waals surface area contributed by atoms with Gasteiger partial charge in [-0.25, -0.2) is 0 Å². The highest BCUT2D eigenvalue weighted by Crippen LogP contribution is 2.32. The highest BCUT2D eigenvalue weighted by molar-refractivity contribution is 7.98. The maximum atomic E-state index is 6.46. The molecule has 0 unspecified atom stereocenters. The minimum atomic E-state index is 0.721. The molecule has 0 radical (unpaired) electrons. The van der Waals surface area contributed by atoms with Crippen molar-refractivity contribution < 1.29 is 9.47 Å². The molecule has 0 amide bonds. The van der Waals surface area contributed by atoms with Crippen LogP contribution in [-0.2, 0) is 25.7 Å². The van der Waals surface area contributed by atoms with Crippen molar-refractivity contribution in [2.45, 2.75) is 25.7 Å². The van der Waals surface area contributed by atoms with Crippen LogP contribution in [0.4, 0.5) is 0 Å². The minimum absolute atomic E-state index is 0.721. The molecular weight excluding hydrogens is 505 g/mol. The molecule has 4 aromatic carbocycles. The number of rotatable bonds is 8. The molecule has 0 saturated carbocycles. The molecule has 4 heteroatoms. The predicted octanol–water partition coefficient (Wildman–Crippen LogP) is 7.85. The van der Waals surface area contributed by atoms with Crippen molar-refractivity contribution in [1.29, 1.82) is 0 Å². The normalized spacial score (nSPS) is 12.7. The molecule has 0 saturated heterocycles. The Bertz CT molecular complexity index is 1180. The number of ether oxygens (including phenoxy) is 2. The number of hydrogen-bond donors (Lipinski definition) is 0. The van der Waals surface area contributed by atoms with Crippen molar-refractivity contribution >= 4 is 23.5 Å². The molecular formula is C34H36O2S2. The Hall–Kier alpha value is -2.82. The van der Waals surface area contributed by atoms with E-state index in [1.54, 1.807) is 0 Å². The molecule has 0 N–H and O–H groups in total. The zero-order chi connectivity index (χ0) is 26.2. The van der Waals surface area contributed by atoms with Gasteiger partial charge in [0.1, 0.15) is 11.5 Å². The fraction of sp³-hybridized carbons (Fsp3) is 0.294. The van der Waals surface area contributed by atoms with Crippen LogP contribution in [0.1, 0.15) is 44.5 Å². The molecule has 2 nitrogen and oxygen atoms in total. The van der Waals surface area contributed by atoms with Gasteiger partial charge in [0.05, 0.1) is 13.2 Å². The zero-order valence-electron chi connectivity index (χ0n) is 22.4. The molecule has 0 spiro atoms. The number of benzene rings is 4. The first-order chi connectivity index (χ1) is 18.7. The maximum Gasteiger partial charge on any atom is 0.126 e. The third-order valence-electron chi connectivity index (χ3n) is 6.99. The average Bonchev–Trinajstić information content (AvgIpc) is 2.92. The van der Waals surface area contributed by atoms with Crippen molar-refractivity contribution in [1.82, 2.24) is 0 Å². The van der Waals surface area contributed by atoms with Crippen molar-refractivity contribution in [2.75, 3.05) is 37.2 Å². The number of hydrogen-bond acceptors (Lipinski definition) is 4. The zero-order valence-corrected chi connectivity index (χ0v) is 24.0. The van der Waals surface area contributed by atoms with Crippen molar-refractivity contribution in [2.24, 2.45) is 0 Å². The van der Waals surface area contributed by atoms with E-state index in [1.807, 2.05) is 23.5 Å². The quantitative estimate of drug-likeness (QED) is 0.187. The van der Waals surface area contributed by atoms with E-state index >= 15 is 0 Å². The van der Waals surface area contributed by atoms with Gasteiger partial charge in [0.2, 0.25) is 0 Å². The van der Waals surface area contributed by atoms with Crippen LogP contribution in [0.25, 0.3) is 0 Å². The Labute approximate surface area is 236 Å². The summed E-state index contributed by atoms with van der Waals surface area (Å²) in [6.07, 6.45) is 7.68. The third kappa shape index (κ3) is 6.78. The molecule has 0 fully saturated rings. The first-order valence-electron chi connectivity index (χ1n) is 13.3. The van der Waals surface area contributed by atoms with Crippen LogP contribution < -0.4 is 9.47 Å². The summed E-state index contributed by atoms with van der Waals surface area (Å²) in [5, 5.41) is 0. The summed E-state index contributed by atoms with van der Waals surface area (Å²) in [6.45, 7) is 1.44. The molecule has 0 aliphatic heterocycles. The van der Waals surface area contributed by atoms with E-state index < -0.39 is 0 Å². The van der Waals surface area contributed by atoms with E-state index in [0.717, 1.165) is 61.9 Å². The second-order valence-corrected chi connectivity index (χ2v) is 11.8. The Morgan fingerprint density at radius 2 is 0.816 bits per heavy atom. The van der Waals surface area contributed by atoms with Crippen LogP contribution in [0.2, 0.25) is 0 Å². The second-order valence-electron chi connectivity index (χ2n) is 9.84. The monoisotopic (exact) mass is 540 g/mol. The average molecular weight is 541 g/mol. The summed E-state index contributed by atoms with van der Waals surface area (Å²) >= 11 is 3.64. The van der Waals surface area contributed by atoms with Crippen LogP contribution in [0, 0.1) is 0 Å². The summed E-state index contributed by atoms with van der Waals surface area (Å²) in [6, 6.07) is 31.3. The number of para-hydroxylation sites is 2. The van der Waals surface area contributed by atoms with E-state index in [1.165, 1.54) is 44.5 Å². The summed E-state index contributed by atoms with van der Waals surface area (Å²) < 4.78 is 12.9. The number of thioether (sulfide) groups is 2. The molecule has 8 bridgehead atoms. The van der Waals surface area contributed by atoms with Crippen LogP contribution in [0.5, 0.6) is 11.5 Å². The second kappa shape index (κ2) is 13.3. The first kappa shape index (κ1) is 26.8. The summed E-state index contributed by atoms with van der Waals surface area (Å²) in [5.74, 6) is 4.08. The van der Waals surface area contributed by atoms with Crippen LogP contribution >= 0.6 is 23.5 Å². The Morgan fingerprint density at radius 1 is 0.500 bits per heavy atom. The van der Waals surface area contributed by atoms with E-state index in [0.29, 0.717) is 0 Å². The lowest BCUT2D eigenvalue weighted by Gasteiger charge is -2.19. The molecule has 38 heavy (non-hydrogen) atoms. The van der Waals surface area contributed by atoms with Gasteiger partial charge in [-0.1, -0.05) is 84.9 Å². The van der Waals surface area contributed by atoms with Gasteiger partial charge >= 0.3 is 0 Å². The van der Waals surface area contributed by atoms with Gasteiger partial charge in [-0.2, -0.15) is 23.5 Å². The molecule has 0 heterocycles. The van der Waals surface area contributed by atoms with E-state index in [-0.39, 0.29) is 0 Å². The summed E-state index contributed by atoms with van der Waals surface area (Å²) in [5.41, 5.74) is 10.3. The first-order valence-corrected chi connectivity index (χ1v) is 16.1. The highest BCUT2D eigenvalue weighted by atomic mass is 32.2. The maximum absolute atomic E-state index is 6.46. The SMILES string of the molecule is CSCCOc1c2cccc1Cc1cccc(c1)Cc1cccc(c1OCCSC)Cc1cccc(c1)C2. The Morgan fingerprint density at radius 3 is 1.13 bits per heavy atom. The van der Waals surface area contributed by atoms with Crippen LogP contribution in [0.15, 0.2) is 84.9 Å². The fourth-order valence-electron chi connectivity index (χ4n) is 5.24. The molecule has 0 aromatic heterocycles. The van der Waals surface area contributed by atoms with Gasteiger partial charge in [-0.3, -0.25) is 0 Å². The van der Waals surface area contributed by atoms with Gasteiger partial charge in [-0.05, 0) is 57.0 Å². The van der Waals surface area contributed by atoms with Gasteiger partial charge in [0.25, 0.3) is 0 Å². The molecule has 196 valence electrons. The largest absolute Gasteiger partial charge is 0.492 e. The van der Waals surface area contributed by atoms with Crippen LogP contribution in [-0.4, -0.2) is 37.2 Å². The molecule has 0 atom stereocenters. The topological polar surface area (TPSA) is 18.5 Å². The van der Waals surface area contributed by atoms with E-state index in [9.17, 15) is 0 Å². The molecule has 4 aromatic rings. The van der Waals surface area contributed by atoms with E-state index in [4.69, 9.17) is 9.47 Å².